The first-order valence-corrected chi connectivity index (χ1v) is 8.13. The molecular formula is C16H25ClN2O2. The molecule has 2 rings (SSSR count). The van der Waals surface area contributed by atoms with Crippen LogP contribution in [0.1, 0.15) is 19.4 Å². The van der Waals surface area contributed by atoms with E-state index in [1.807, 2.05) is 26.0 Å². The zero-order valence-electron chi connectivity index (χ0n) is 13.0. The summed E-state index contributed by atoms with van der Waals surface area (Å²) in [6.07, 6.45) is 0.936. The summed E-state index contributed by atoms with van der Waals surface area (Å²) in [6.45, 7) is 10.5. The number of piperazine rings is 1. The van der Waals surface area contributed by atoms with Gasteiger partial charge in [-0.15, -0.1) is 0 Å². The first-order valence-electron chi connectivity index (χ1n) is 7.75. The number of nitrogens with one attached hydrogen (secondary N) is 1. The molecule has 0 radical (unpaired) electrons. The topological polar surface area (TPSA) is 33.7 Å². The van der Waals surface area contributed by atoms with Crippen LogP contribution in [0.3, 0.4) is 0 Å². The molecule has 0 spiro atoms. The average Bonchev–Trinajstić information content (AvgIpc) is 2.50. The van der Waals surface area contributed by atoms with Crippen molar-refractivity contribution in [3.05, 3.63) is 22.7 Å². The minimum atomic E-state index is 0.608. The highest BCUT2D eigenvalue weighted by Gasteiger charge is 2.13. The van der Waals surface area contributed by atoms with Crippen LogP contribution < -0.4 is 14.8 Å². The Hall–Kier alpha value is -0.970. The first kappa shape index (κ1) is 16.4. The van der Waals surface area contributed by atoms with Gasteiger partial charge in [-0.1, -0.05) is 11.6 Å². The van der Waals surface area contributed by atoms with Gasteiger partial charge in [-0.3, -0.25) is 0 Å². The molecule has 0 unspecified atom stereocenters. The number of hydrogen-bond donors (Lipinski definition) is 1. The molecule has 0 aromatic heterocycles. The van der Waals surface area contributed by atoms with Crippen LogP contribution in [0.5, 0.6) is 11.5 Å². The number of nitrogens with zero attached hydrogens (tertiary/aromatic N) is 1. The Balaban J connectivity index is 2.05. The zero-order chi connectivity index (χ0) is 15.1. The van der Waals surface area contributed by atoms with Crippen molar-refractivity contribution in [1.29, 1.82) is 0 Å². The Labute approximate surface area is 132 Å². The van der Waals surface area contributed by atoms with E-state index in [-0.39, 0.29) is 0 Å². The smallest absolute Gasteiger partial charge is 0.162 e. The second kappa shape index (κ2) is 8.47. The lowest BCUT2D eigenvalue weighted by molar-refractivity contribution is 0.243. The number of benzene rings is 1. The van der Waals surface area contributed by atoms with Gasteiger partial charge < -0.3 is 19.7 Å². The monoisotopic (exact) mass is 312 g/mol. The highest BCUT2D eigenvalue weighted by atomic mass is 35.5. The van der Waals surface area contributed by atoms with Gasteiger partial charge in [-0.25, -0.2) is 0 Å². The molecule has 0 atom stereocenters. The summed E-state index contributed by atoms with van der Waals surface area (Å²) < 4.78 is 11.3. The summed E-state index contributed by atoms with van der Waals surface area (Å²) in [5.74, 6) is 1.52. The molecule has 0 aliphatic carbocycles. The lowest BCUT2D eigenvalue weighted by atomic mass is 10.1. The van der Waals surface area contributed by atoms with Gasteiger partial charge in [0.15, 0.2) is 11.5 Å². The number of ether oxygens (including phenoxy) is 2. The molecule has 0 bridgehead atoms. The van der Waals surface area contributed by atoms with Gasteiger partial charge in [-0.05, 0) is 31.9 Å². The SMILES string of the molecule is CCOc1cc(Cl)c(CCN2CCNCC2)cc1OCC. The highest BCUT2D eigenvalue weighted by Crippen LogP contribution is 2.34. The van der Waals surface area contributed by atoms with E-state index in [1.54, 1.807) is 0 Å². The van der Waals surface area contributed by atoms with E-state index in [0.29, 0.717) is 13.2 Å². The molecule has 21 heavy (non-hydrogen) atoms. The molecule has 118 valence electrons. The Morgan fingerprint density at radius 2 is 1.71 bits per heavy atom. The predicted octanol–water partition coefficient (Wildman–Crippen LogP) is 2.59. The maximum atomic E-state index is 6.39. The fraction of sp³-hybridized carbons (Fsp3) is 0.625. The highest BCUT2D eigenvalue weighted by molar-refractivity contribution is 6.31. The van der Waals surface area contributed by atoms with Gasteiger partial charge in [0.05, 0.1) is 13.2 Å². The molecule has 1 fully saturated rings. The van der Waals surface area contributed by atoms with E-state index in [1.165, 1.54) is 0 Å². The quantitative estimate of drug-likeness (QED) is 0.839. The van der Waals surface area contributed by atoms with E-state index in [9.17, 15) is 0 Å². The van der Waals surface area contributed by atoms with Crippen LogP contribution in [0.2, 0.25) is 5.02 Å². The third-order valence-electron chi connectivity index (χ3n) is 3.62. The lowest BCUT2D eigenvalue weighted by Gasteiger charge is -2.27. The standard InChI is InChI=1S/C16H25ClN2O2/c1-3-20-15-11-13(14(17)12-16(15)21-4-2)5-8-19-9-6-18-7-10-19/h11-12,18H,3-10H2,1-2H3. The maximum absolute atomic E-state index is 6.39. The van der Waals surface area contributed by atoms with Crippen molar-refractivity contribution in [2.24, 2.45) is 0 Å². The van der Waals surface area contributed by atoms with Crippen LogP contribution in [0.4, 0.5) is 0 Å². The van der Waals surface area contributed by atoms with Crippen molar-refractivity contribution < 1.29 is 9.47 Å². The van der Waals surface area contributed by atoms with Crippen molar-refractivity contribution >= 4 is 11.6 Å². The minimum absolute atomic E-state index is 0.608. The fourth-order valence-corrected chi connectivity index (χ4v) is 2.77. The second-order valence-electron chi connectivity index (χ2n) is 5.10. The van der Waals surface area contributed by atoms with Crippen molar-refractivity contribution in [3.63, 3.8) is 0 Å². The molecule has 1 saturated heterocycles. The van der Waals surface area contributed by atoms with Gasteiger partial charge in [0.2, 0.25) is 0 Å². The number of hydrogen-bond acceptors (Lipinski definition) is 4. The first-order chi connectivity index (χ1) is 10.2. The maximum Gasteiger partial charge on any atom is 0.162 e. The van der Waals surface area contributed by atoms with Gasteiger partial charge in [0, 0.05) is 43.8 Å². The molecule has 1 aliphatic heterocycles. The zero-order valence-corrected chi connectivity index (χ0v) is 13.7. The summed E-state index contributed by atoms with van der Waals surface area (Å²) in [6, 6.07) is 3.90. The van der Waals surface area contributed by atoms with Crippen LogP contribution in [0.15, 0.2) is 12.1 Å². The molecule has 1 aliphatic rings. The van der Waals surface area contributed by atoms with Crippen molar-refractivity contribution in [2.75, 3.05) is 45.9 Å². The second-order valence-corrected chi connectivity index (χ2v) is 5.51. The number of rotatable bonds is 7. The van der Waals surface area contributed by atoms with E-state index < -0.39 is 0 Å². The van der Waals surface area contributed by atoms with Crippen molar-refractivity contribution in [1.82, 2.24) is 10.2 Å². The number of halogens is 1. The minimum Gasteiger partial charge on any atom is -0.490 e. The molecule has 1 aromatic rings. The van der Waals surface area contributed by atoms with Crippen molar-refractivity contribution in [3.8, 4) is 11.5 Å². The van der Waals surface area contributed by atoms with Gasteiger partial charge in [0.1, 0.15) is 0 Å². The normalized spacial score (nSPS) is 16.0. The van der Waals surface area contributed by atoms with Crippen LogP contribution in [0.25, 0.3) is 0 Å². The van der Waals surface area contributed by atoms with E-state index >= 15 is 0 Å². The molecule has 1 N–H and O–H groups in total. The van der Waals surface area contributed by atoms with Crippen LogP contribution in [-0.2, 0) is 6.42 Å². The van der Waals surface area contributed by atoms with Gasteiger partial charge >= 0.3 is 0 Å². The Bertz CT molecular complexity index is 448. The van der Waals surface area contributed by atoms with Crippen LogP contribution in [0, 0.1) is 0 Å². The Kier molecular flexibility index (Phi) is 6.61. The largest absolute Gasteiger partial charge is 0.490 e. The summed E-state index contributed by atoms with van der Waals surface area (Å²) in [7, 11) is 0. The summed E-state index contributed by atoms with van der Waals surface area (Å²) in [4.78, 5) is 2.46. The third-order valence-corrected chi connectivity index (χ3v) is 3.97. The fourth-order valence-electron chi connectivity index (χ4n) is 2.52. The van der Waals surface area contributed by atoms with E-state index in [4.69, 9.17) is 21.1 Å². The average molecular weight is 313 g/mol. The van der Waals surface area contributed by atoms with E-state index in [2.05, 4.69) is 10.2 Å². The predicted molar refractivity (Wildman–Crippen MR) is 86.8 cm³/mol. The molecule has 5 heteroatoms. The van der Waals surface area contributed by atoms with Crippen LogP contribution >= 0.6 is 11.6 Å². The molecule has 0 amide bonds. The van der Waals surface area contributed by atoms with Gasteiger partial charge in [0.25, 0.3) is 0 Å². The van der Waals surface area contributed by atoms with Crippen molar-refractivity contribution in [2.45, 2.75) is 20.3 Å². The third kappa shape index (κ3) is 4.77. The molecule has 4 nitrogen and oxygen atoms in total. The Morgan fingerprint density at radius 3 is 2.33 bits per heavy atom. The molecule has 1 heterocycles. The Morgan fingerprint density at radius 1 is 1.10 bits per heavy atom. The summed E-state index contributed by atoms with van der Waals surface area (Å²) >= 11 is 6.39. The molecule has 1 aromatic carbocycles. The van der Waals surface area contributed by atoms with Crippen LogP contribution in [-0.4, -0.2) is 50.8 Å². The summed E-state index contributed by atoms with van der Waals surface area (Å²) in [5.41, 5.74) is 1.13. The summed E-state index contributed by atoms with van der Waals surface area (Å²) in [5, 5.41) is 4.13. The molecular weight excluding hydrogens is 288 g/mol. The molecule has 0 saturated carbocycles. The van der Waals surface area contributed by atoms with Gasteiger partial charge in [-0.2, -0.15) is 0 Å². The van der Waals surface area contributed by atoms with E-state index in [0.717, 1.165) is 61.2 Å². The lowest BCUT2D eigenvalue weighted by Crippen LogP contribution is -2.44.